The predicted octanol–water partition coefficient (Wildman–Crippen LogP) is 3.06. The normalized spacial score (nSPS) is 39.4. The molecule has 0 spiro atoms. The summed E-state index contributed by atoms with van der Waals surface area (Å²) in [5, 5.41) is 0. The van der Waals surface area contributed by atoms with E-state index in [2.05, 4.69) is 13.2 Å². The molecule has 0 aromatic rings. The Kier molecular flexibility index (Phi) is 4.46. The molecule has 8 heteroatoms. The minimum atomic E-state index is -2.46. The van der Waals surface area contributed by atoms with Crippen LogP contribution in [0.5, 0.6) is 0 Å². The van der Waals surface area contributed by atoms with Crippen molar-refractivity contribution in [1.82, 2.24) is 0 Å². The van der Waals surface area contributed by atoms with E-state index < -0.39 is 34.2 Å². The second-order valence-electron chi connectivity index (χ2n) is 5.65. The van der Waals surface area contributed by atoms with Crippen molar-refractivity contribution in [1.29, 1.82) is 0 Å². The highest BCUT2D eigenvalue weighted by Gasteiger charge is 2.52. The largest absolute Gasteiger partial charge is 0.416 e. The van der Waals surface area contributed by atoms with Gasteiger partial charge in [-0.2, -0.15) is 0 Å². The summed E-state index contributed by atoms with van der Waals surface area (Å²) in [5.41, 5.74) is 3.59. The monoisotopic (exact) mass is 320 g/mol. The second kappa shape index (κ2) is 4.94. The third kappa shape index (κ3) is 4.10. The van der Waals surface area contributed by atoms with Crippen molar-refractivity contribution in [3.63, 3.8) is 0 Å². The summed E-state index contributed by atoms with van der Waals surface area (Å²) in [7, 11) is -9.42. The minimum Gasteiger partial charge on any atom is -0.416 e. The zero-order valence-corrected chi connectivity index (χ0v) is 16.2. The van der Waals surface area contributed by atoms with E-state index in [1.54, 1.807) is 11.4 Å². The zero-order valence-electron chi connectivity index (χ0n) is 12.2. The molecule has 0 aromatic heterocycles. The molecule has 0 saturated carbocycles. The Bertz CT molecular complexity index is 328. The van der Waals surface area contributed by atoms with Crippen LogP contribution >= 0.6 is 0 Å². The molecule has 4 nitrogen and oxygen atoms in total. The maximum absolute atomic E-state index is 6.22. The van der Waals surface area contributed by atoms with Gasteiger partial charge >= 0.3 is 34.2 Å². The minimum absolute atomic E-state index is 1.79. The molecular weight excluding hydrogens is 296 g/mol. The number of rotatable bonds is 2. The van der Waals surface area contributed by atoms with Crippen LogP contribution < -0.4 is 0 Å². The van der Waals surface area contributed by atoms with Crippen LogP contribution in [0.4, 0.5) is 0 Å². The summed E-state index contributed by atoms with van der Waals surface area (Å²) in [6.07, 6.45) is 0. The van der Waals surface area contributed by atoms with Crippen LogP contribution in [0.3, 0.4) is 0 Å². The molecule has 1 saturated heterocycles. The van der Waals surface area contributed by atoms with Crippen LogP contribution in [-0.2, 0) is 16.5 Å². The molecule has 2 unspecified atom stereocenters. The first-order valence-electron chi connectivity index (χ1n) is 6.03. The van der Waals surface area contributed by atoms with Gasteiger partial charge in [-0.3, -0.25) is 0 Å². The van der Waals surface area contributed by atoms with E-state index in [1.807, 2.05) is 39.3 Å². The molecule has 1 fully saturated rings. The molecular formula is C10H24O4Si4. The summed E-state index contributed by atoms with van der Waals surface area (Å²) in [6, 6.07) is 0. The Morgan fingerprint density at radius 1 is 0.611 bits per heavy atom. The molecule has 0 aliphatic carbocycles. The molecule has 0 N–H and O–H groups in total. The van der Waals surface area contributed by atoms with Gasteiger partial charge in [-0.25, -0.2) is 0 Å². The smallest absolute Gasteiger partial charge is 0.343 e. The van der Waals surface area contributed by atoms with Gasteiger partial charge in [0, 0.05) is 0 Å². The molecule has 0 amide bonds. The lowest BCUT2D eigenvalue weighted by Gasteiger charge is -2.46. The van der Waals surface area contributed by atoms with Crippen LogP contribution in [0.2, 0.25) is 39.3 Å². The molecule has 1 aliphatic heterocycles. The van der Waals surface area contributed by atoms with E-state index in [0.717, 1.165) is 0 Å². The van der Waals surface area contributed by atoms with Crippen LogP contribution in [0, 0.1) is 0 Å². The Morgan fingerprint density at radius 2 is 0.944 bits per heavy atom. The summed E-state index contributed by atoms with van der Waals surface area (Å²) in [5.74, 6) is 0. The third-order valence-electron chi connectivity index (χ3n) is 2.54. The highest BCUT2D eigenvalue weighted by atomic mass is 28.5. The molecule has 0 radical (unpaired) electrons. The summed E-state index contributed by atoms with van der Waals surface area (Å²) >= 11 is 0. The van der Waals surface area contributed by atoms with Gasteiger partial charge in [-0.15, -0.1) is 13.2 Å². The highest BCUT2D eigenvalue weighted by Crippen LogP contribution is 2.31. The van der Waals surface area contributed by atoms with E-state index in [-0.39, 0.29) is 0 Å². The first kappa shape index (κ1) is 16.2. The van der Waals surface area contributed by atoms with Gasteiger partial charge in [0.2, 0.25) is 0 Å². The van der Waals surface area contributed by atoms with E-state index in [4.69, 9.17) is 16.5 Å². The van der Waals surface area contributed by atoms with E-state index >= 15 is 0 Å². The van der Waals surface area contributed by atoms with Crippen molar-refractivity contribution >= 4 is 34.2 Å². The highest BCUT2D eigenvalue weighted by molar-refractivity contribution is 6.95. The Hall–Kier alpha value is 0.188. The molecule has 0 bridgehead atoms. The second-order valence-corrected chi connectivity index (χ2v) is 19.4. The summed E-state index contributed by atoms with van der Waals surface area (Å²) in [4.78, 5) is 0. The molecule has 1 rings (SSSR count). The molecule has 2 atom stereocenters. The lowest BCUT2D eigenvalue weighted by Crippen LogP contribution is -2.65. The van der Waals surface area contributed by atoms with Crippen LogP contribution in [0.15, 0.2) is 24.6 Å². The quantitative estimate of drug-likeness (QED) is 0.733. The zero-order chi connectivity index (χ0) is 14.2. The van der Waals surface area contributed by atoms with Crippen molar-refractivity contribution in [3.8, 4) is 0 Å². The van der Waals surface area contributed by atoms with Crippen LogP contribution in [0.1, 0.15) is 0 Å². The van der Waals surface area contributed by atoms with Gasteiger partial charge in [0.1, 0.15) is 0 Å². The Labute approximate surface area is 115 Å². The van der Waals surface area contributed by atoms with Crippen molar-refractivity contribution in [3.05, 3.63) is 24.6 Å². The molecule has 18 heavy (non-hydrogen) atoms. The maximum atomic E-state index is 6.22. The van der Waals surface area contributed by atoms with E-state index in [1.165, 1.54) is 0 Å². The van der Waals surface area contributed by atoms with Gasteiger partial charge in [0.25, 0.3) is 0 Å². The van der Waals surface area contributed by atoms with Crippen LogP contribution in [-0.4, -0.2) is 34.2 Å². The lowest BCUT2D eigenvalue weighted by atomic mass is 11.3. The van der Waals surface area contributed by atoms with Gasteiger partial charge in [-0.1, -0.05) is 11.4 Å². The van der Waals surface area contributed by atoms with Crippen LogP contribution in [0.25, 0.3) is 0 Å². The topological polar surface area (TPSA) is 36.9 Å². The fraction of sp³-hybridized carbons (Fsp3) is 0.600. The first-order valence-corrected chi connectivity index (χ1v) is 16.4. The molecule has 1 heterocycles. The average Bonchev–Trinajstić information content (AvgIpc) is 2.11. The fourth-order valence-electron chi connectivity index (χ4n) is 2.22. The molecule has 0 aromatic carbocycles. The van der Waals surface area contributed by atoms with Gasteiger partial charge < -0.3 is 16.5 Å². The standard InChI is InChI=1S/C10H24O4Si4/c1-9-17(7)12-15(3,4)11-16(5,6)13-18(8,10-2)14-17/h9-10H,1-2H2,3-8H3. The summed E-state index contributed by atoms with van der Waals surface area (Å²) < 4.78 is 24.8. The number of hydrogen-bond donors (Lipinski definition) is 0. The Balaban J connectivity index is 3.15. The maximum Gasteiger partial charge on any atom is 0.343 e. The van der Waals surface area contributed by atoms with Gasteiger partial charge in [0.05, 0.1) is 0 Å². The van der Waals surface area contributed by atoms with Crippen molar-refractivity contribution in [2.75, 3.05) is 0 Å². The first-order chi connectivity index (χ1) is 7.95. The van der Waals surface area contributed by atoms with Gasteiger partial charge in [0.15, 0.2) is 0 Å². The lowest BCUT2D eigenvalue weighted by molar-refractivity contribution is 0.244. The van der Waals surface area contributed by atoms with Crippen molar-refractivity contribution in [2.45, 2.75) is 39.3 Å². The third-order valence-corrected chi connectivity index (χ3v) is 18.4. The predicted molar refractivity (Wildman–Crippen MR) is 82.9 cm³/mol. The Morgan fingerprint density at radius 3 is 1.22 bits per heavy atom. The average molecular weight is 321 g/mol. The van der Waals surface area contributed by atoms with E-state index in [9.17, 15) is 0 Å². The number of hydrogen-bond acceptors (Lipinski definition) is 4. The molecule has 1 aliphatic rings. The fourth-order valence-corrected chi connectivity index (χ4v) is 21.5. The van der Waals surface area contributed by atoms with Gasteiger partial charge in [-0.05, 0) is 39.3 Å². The van der Waals surface area contributed by atoms with Crippen molar-refractivity contribution in [2.24, 2.45) is 0 Å². The van der Waals surface area contributed by atoms with E-state index in [0.29, 0.717) is 0 Å². The summed E-state index contributed by atoms with van der Waals surface area (Å²) in [6.45, 7) is 19.8. The molecule has 104 valence electrons. The SMILES string of the molecule is C=C[Si]1(C)O[Si](C)(C)O[Si](C)(C)O[Si](C)(C=C)O1. The van der Waals surface area contributed by atoms with Crippen molar-refractivity contribution < 1.29 is 16.5 Å².